The Labute approximate surface area is 284 Å². The fraction of sp³-hybridized carbons (Fsp3) is 0.571. The minimum Gasteiger partial charge on any atom is -0.494 e. The number of anilines is 1. The second-order valence-electron chi connectivity index (χ2n) is 12.4. The van der Waals surface area contributed by atoms with Crippen molar-refractivity contribution in [2.45, 2.75) is 64.1 Å². The molecule has 12 heteroatoms. The molecule has 2 fully saturated rings. The molecule has 3 heterocycles. The number of carbonyl (C=O) groups excluding carboxylic acids is 3. The number of fused-ring (bicyclic) bond motifs is 1. The van der Waals surface area contributed by atoms with Gasteiger partial charge in [-0.25, -0.2) is 0 Å². The lowest BCUT2D eigenvalue weighted by molar-refractivity contribution is -0.136. The maximum Gasteiger partial charge on any atom is 0.255 e. The molecule has 3 N–H and O–H groups in total. The fourth-order valence-corrected chi connectivity index (χ4v) is 6.24. The van der Waals surface area contributed by atoms with Gasteiger partial charge in [-0.05, 0) is 74.1 Å². The van der Waals surface area contributed by atoms with Crippen LogP contribution in [0.3, 0.4) is 0 Å². The summed E-state index contributed by atoms with van der Waals surface area (Å²) in [6.45, 7) is 10.4. The summed E-state index contributed by atoms with van der Waals surface area (Å²) < 4.78 is 17.4. The highest BCUT2D eigenvalue weighted by atomic mass is 35.5. The van der Waals surface area contributed by atoms with Crippen LogP contribution in [0.25, 0.3) is 0 Å². The van der Waals surface area contributed by atoms with Crippen LogP contribution in [0, 0.1) is 0 Å². The first-order valence-electron chi connectivity index (χ1n) is 16.8. The van der Waals surface area contributed by atoms with Gasteiger partial charge in [0.2, 0.25) is 11.8 Å². The largest absolute Gasteiger partial charge is 0.494 e. The number of rotatable bonds is 17. The lowest BCUT2D eigenvalue weighted by Crippen LogP contribution is -2.52. The number of hydrogen-bond donors (Lipinski definition) is 2. The quantitative estimate of drug-likeness (QED) is 0.191. The van der Waals surface area contributed by atoms with Crippen LogP contribution < -0.4 is 20.7 Å². The van der Waals surface area contributed by atoms with Crippen molar-refractivity contribution in [1.82, 2.24) is 15.1 Å². The van der Waals surface area contributed by atoms with E-state index in [9.17, 15) is 14.4 Å². The van der Waals surface area contributed by atoms with Gasteiger partial charge in [-0.15, -0.1) is 12.4 Å². The van der Waals surface area contributed by atoms with Gasteiger partial charge in [0.05, 0.1) is 26.4 Å². The molecule has 258 valence electrons. The van der Waals surface area contributed by atoms with Crippen LogP contribution in [0.5, 0.6) is 5.75 Å². The van der Waals surface area contributed by atoms with E-state index in [1.54, 1.807) is 4.90 Å². The van der Waals surface area contributed by atoms with Crippen molar-refractivity contribution in [1.29, 1.82) is 0 Å². The predicted molar refractivity (Wildman–Crippen MR) is 183 cm³/mol. The molecule has 3 aliphatic heterocycles. The number of piperazine rings is 1. The molecule has 0 bridgehead atoms. The Morgan fingerprint density at radius 1 is 0.894 bits per heavy atom. The standard InChI is InChI=1S/C35H49N5O6.ClH/c1-26(36)27-7-6-8-30(24-27)46-19-5-3-2-4-18-44-21-22-45-20-17-38-13-15-39(16-14-38)29-9-10-31-28(23-29)25-40(35(31)43)32-11-12-33(41)37-34(32)42;/h6-10,23-24,26,32H,2-5,11-22,25,36H2,1H3,(H,37,41,42);1H. The number of halogens is 1. The fourth-order valence-electron chi connectivity index (χ4n) is 6.24. The molecule has 3 amide bonds. The summed E-state index contributed by atoms with van der Waals surface area (Å²) in [4.78, 5) is 43.2. The van der Waals surface area contributed by atoms with E-state index in [2.05, 4.69) is 21.2 Å². The minimum atomic E-state index is -0.587. The summed E-state index contributed by atoms with van der Waals surface area (Å²) in [6, 6.07) is 13.4. The molecule has 2 aromatic rings. The molecule has 3 aliphatic rings. The molecule has 0 saturated carbocycles. The van der Waals surface area contributed by atoms with Crippen molar-refractivity contribution in [2.24, 2.45) is 5.73 Å². The highest BCUT2D eigenvalue weighted by Gasteiger charge is 2.39. The molecular weight excluding hydrogens is 622 g/mol. The number of nitrogens with zero attached hydrogens (tertiary/aromatic N) is 3. The zero-order valence-electron chi connectivity index (χ0n) is 27.5. The van der Waals surface area contributed by atoms with Crippen LogP contribution in [0.4, 0.5) is 5.69 Å². The second-order valence-corrected chi connectivity index (χ2v) is 12.4. The van der Waals surface area contributed by atoms with Gasteiger partial charge in [-0.2, -0.15) is 0 Å². The molecular formula is C35H50ClN5O6. The van der Waals surface area contributed by atoms with Crippen molar-refractivity contribution < 1.29 is 28.6 Å². The highest BCUT2D eigenvalue weighted by Crippen LogP contribution is 2.31. The summed E-state index contributed by atoms with van der Waals surface area (Å²) in [6.07, 6.45) is 4.95. The number of nitrogens with one attached hydrogen (secondary N) is 1. The average molecular weight is 672 g/mol. The average Bonchev–Trinajstić information content (AvgIpc) is 3.38. The van der Waals surface area contributed by atoms with Gasteiger partial charge in [-0.1, -0.05) is 18.6 Å². The van der Waals surface area contributed by atoms with Crippen molar-refractivity contribution in [3.63, 3.8) is 0 Å². The van der Waals surface area contributed by atoms with E-state index >= 15 is 0 Å². The van der Waals surface area contributed by atoms with Crippen molar-refractivity contribution in [2.75, 3.05) is 70.7 Å². The smallest absolute Gasteiger partial charge is 0.255 e. The molecule has 0 aromatic heterocycles. The third kappa shape index (κ3) is 10.4. The minimum absolute atomic E-state index is 0. The van der Waals surface area contributed by atoms with Gasteiger partial charge < -0.3 is 29.7 Å². The topological polar surface area (TPSA) is 127 Å². The van der Waals surface area contributed by atoms with Crippen LogP contribution in [0.1, 0.15) is 73.0 Å². The van der Waals surface area contributed by atoms with Gasteiger partial charge >= 0.3 is 0 Å². The van der Waals surface area contributed by atoms with Gasteiger partial charge in [0.1, 0.15) is 11.8 Å². The van der Waals surface area contributed by atoms with Crippen LogP contribution in [0.15, 0.2) is 42.5 Å². The molecule has 47 heavy (non-hydrogen) atoms. The van der Waals surface area contributed by atoms with E-state index in [1.165, 1.54) is 0 Å². The van der Waals surface area contributed by atoms with Gasteiger partial charge in [0, 0.05) is 69.6 Å². The van der Waals surface area contributed by atoms with E-state index in [0.717, 1.165) is 94.2 Å². The molecule has 0 aliphatic carbocycles. The van der Waals surface area contributed by atoms with E-state index in [1.807, 2.05) is 43.3 Å². The number of imide groups is 1. The molecule has 5 rings (SSSR count). The van der Waals surface area contributed by atoms with E-state index in [0.29, 0.717) is 38.3 Å². The van der Waals surface area contributed by atoms with Crippen LogP contribution in [-0.4, -0.2) is 99.3 Å². The van der Waals surface area contributed by atoms with Gasteiger partial charge in [0.15, 0.2) is 0 Å². The molecule has 11 nitrogen and oxygen atoms in total. The van der Waals surface area contributed by atoms with E-state index in [4.69, 9.17) is 19.9 Å². The first-order valence-corrected chi connectivity index (χ1v) is 16.8. The Balaban J connectivity index is 0.00000500. The molecule has 2 aromatic carbocycles. The van der Waals surface area contributed by atoms with E-state index < -0.39 is 6.04 Å². The zero-order valence-corrected chi connectivity index (χ0v) is 28.3. The first kappa shape index (κ1) is 36.6. The number of unbranched alkanes of at least 4 members (excludes halogenated alkanes) is 3. The normalized spacial score (nSPS) is 18.9. The van der Waals surface area contributed by atoms with Gasteiger partial charge in [-0.3, -0.25) is 24.6 Å². The van der Waals surface area contributed by atoms with E-state index in [-0.39, 0.29) is 42.6 Å². The van der Waals surface area contributed by atoms with Crippen LogP contribution in [0.2, 0.25) is 0 Å². The molecule has 0 spiro atoms. The Morgan fingerprint density at radius 3 is 2.38 bits per heavy atom. The number of carbonyl (C=O) groups is 3. The Bertz CT molecular complexity index is 1340. The SMILES string of the molecule is CC(N)c1cccc(OCCCCCCOCCOCCN2CCN(c3ccc4c(c3)CN(C3CCC(=O)NC3=O)C4=O)CC2)c1.Cl. The third-order valence-electron chi connectivity index (χ3n) is 9.00. The Morgan fingerprint density at radius 2 is 1.64 bits per heavy atom. The molecule has 2 atom stereocenters. The summed E-state index contributed by atoms with van der Waals surface area (Å²) >= 11 is 0. The van der Waals surface area contributed by atoms with Crippen LogP contribution >= 0.6 is 12.4 Å². The zero-order chi connectivity index (χ0) is 32.3. The lowest BCUT2D eigenvalue weighted by Gasteiger charge is -2.36. The Hall–Kier alpha value is -3.22. The third-order valence-corrected chi connectivity index (χ3v) is 9.00. The number of ether oxygens (including phenoxy) is 3. The van der Waals surface area contributed by atoms with Crippen molar-refractivity contribution in [3.8, 4) is 5.75 Å². The second kappa shape index (κ2) is 18.4. The van der Waals surface area contributed by atoms with Crippen molar-refractivity contribution >= 4 is 35.8 Å². The molecule has 2 unspecified atom stereocenters. The number of benzene rings is 2. The molecule has 2 saturated heterocycles. The first-order chi connectivity index (χ1) is 22.4. The molecule has 0 radical (unpaired) electrons. The van der Waals surface area contributed by atoms with Crippen molar-refractivity contribution in [3.05, 3.63) is 59.2 Å². The number of amides is 3. The van der Waals surface area contributed by atoms with Gasteiger partial charge in [0.25, 0.3) is 5.91 Å². The summed E-state index contributed by atoms with van der Waals surface area (Å²) in [5.41, 5.74) is 9.72. The number of piperidine rings is 1. The summed E-state index contributed by atoms with van der Waals surface area (Å²) in [7, 11) is 0. The monoisotopic (exact) mass is 671 g/mol. The highest BCUT2D eigenvalue weighted by molar-refractivity contribution is 6.05. The number of hydrogen-bond acceptors (Lipinski definition) is 9. The predicted octanol–water partition coefficient (Wildman–Crippen LogP) is 3.68. The number of nitrogens with two attached hydrogens (primary N) is 1. The van der Waals surface area contributed by atoms with Crippen LogP contribution in [-0.2, 0) is 25.6 Å². The maximum absolute atomic E-state index is 13.0. The lowest BCUT2D eigenvalue weighted by atomic mass is 10.0. The Kier molecular flexibility index (Phi) is 14.3. The summed E-state index contributed by atoms with van der Waals surface area (Å²) in [5, 5.41) is 2.36. The summed E-state index contributed by atoms with van der Waals surface area (Å²) in [5.74, 6) is 0.0985. The maximum atomic E-state index is 13.0.